The molecule has 0 amide bonds. The number of hydrogen-bond acceptors (Lipinski definition) is 4. The van der Waals surface area contributed by atoms with E-state index in [-0.39, 0.29) is 5.56 Å². The number of fused-ring (bicyclic) bond motifs is 1. The molecule has 0 unspecified atom stereocenters. The predicted molar refractivity (Wildman–Crippen MR) is 109 cm³/mol. The number of benzene rings is 1. The van der Waals surface area contributed by atoms with Gasteiger partial charge in [-0.25, -0.2) is 4.98 Å². The van der Waals surface area contributed by atoms with Gasteiger partial charge in [0.25, 0.3) is 5.56 Å². The van der Waals surface area contributed by atoms with Crippen LogP contribution in [0.1, 0.15) is 36.5 Å². The number of halogens is 1. The van der Waals surface area contributed by atoms with Gasteiger partial charge in [0, 0.05) is 18.4 Å². The molecule has 138 valence electrons. The van der Waals surface area contributed by atoms with E-state index in [4.69, 9.17) is 0 Å². The highest BCUT2D eigenvalue weighted by molar-refractivity contribution is 9.09. The second-order valence-electron chi connectivity index (χ2n) is 6.39. The van der Waals surface area contributed by atoms with E-state index in [0.29, 0.717) is 23.7 Å². The number of aromatic amines is 1. The van der Waals surface area contributed by atoms with Gasteiger partial charge >= 0.3 is 0 Å². The zero-order chi connectivity index (χ0) is 18.5. The molecule has 0 atom stereocenters. The van der Waals surface area contributed by atoms with Crippen molar-refractivity contribution in [1.29, 1.82) is 0 Å². The summed E-state index contributed by atoms with van der Waals surface area (Å²) >= 11 is 3.42. The third kappa shape index (κ3) is 4.15. The normalized spacial score (nSPS) is 11.2. The number of hydrogen-bond donors (Lipinski definition) is 2. The number of aryl methyl sites for hydroxylation is 3. The Bertz CT molecular complexity index is 947. The molecule has 0 fully saturated rings. The molecule has 7 heteroatoms. The van der Waals surface area contributed by atoms with E-state index >= 15 is 0 Å². The van der Waals surface area contributed by atoms with Crippen molar-refractivity contribution >= 4 is 33.0 Å². The monoisotopic (exact) mass is 417 g/mol. The highest BCUT2D eigenvalue weighted by atomic mass is 79.9. The topological polar surface area (TPSA) is 75.6 Å². The van der Waals surface area contributed by atoms with E-state index in [0.717, 1.165) is 36.7 Å². The summed E-state index contributed by atoms with van der Waals surface area (Å²) in [4.78, 5) is 24.0. The van der Waals surface area contributed by atoms with Crippen LogP contribution in [-0.2, 0) is 19.5 Å². The van der Waals surface area contributed by atoms with E-state index < -0.39 is 0 Å². The minimum absolute atomic E-state index is 0.160. The standard InChI is InChI=1S/C19H24BrN5O/c1-3-15-10-14(7-6-13(15)2)11-21-19-23-17-16(18(26)24-19)25(12-22-17)9-5-4-8-20/h6-7,10,12H,3-5,8-9,11H2,1-2H3,(H2,21,23,24,26). The third-order valence-electron chi connectivity index (χ3n) is 4.52. The lowest BCUT2D eigenvalue weighted by atomic mass is 10.0. The zero-order valence-electron chi connectivity index (χ0n) is 15.2. The summed E-state index contributed by atoms with van der Waals surface area (Å²) in [7, 11) is 0. The first-order chi connectivity index (χ1) is 12.6. The molecule has 3 rings (SSSR count). The lowest BCUT2D eigenvalue weighted by Crippen LogP contribution is -2.16. The lowest BCUT2D eigenvalue weighted by molar-refractivity contribution is 0.648. The Balaban J connectivity index is 1.76. The molecule has 0 bridgehead atoms. The Morgan fingerprint density at radius 1 is 1.31 bits per heavy atom. The van der Waals surface area contributed by atoms with Crippen LogP contribution in [0.25, 0.3) is 11.2 Å². The number of nitrogens with zero attached hydrogens (tertiary/aromatic N) is 3. The molecule has 3 aromatic rings. The molecule has 0 saturated heterocycles. The molecule has 0 radical (unpaired) electrons. The summed E-state index contributed by atoms with van der Waals surface area (Å²) in [6, 6.07) is 6.41. The van der Waals surface area contributed by atoms with Crippen molar-refractivity contribution in [2.24, 2.45) is 0 Å². The summed E-state index contributed by atoms with van der Waals surface area (Å²) in [6.07, 6.45) is 4.75. The van der Waals surface area contributed by atoms with E-state index in [9.17, 15) is 4.79 Å². The maximum atomic E-state index is 12.5. The fourth-order valence-electron chi connectivity index (χ4n) is 3.02. The number of rotatable bonds is 8. The molecule has 6 nitrogen and oxygen atoms in total. The fourth-order valence-corrected chi connectivity index (χ4v) is 3.41. The largest absolute Gasteiger partial charge is 0.352 e. The number of anilines is 1. The van der Waals surface area contributed by atoms with Crippen LogP contribution < -0.4 is 10.9 Å². The van der Waals surface area contributed by atoms with E-state index in [1.165, 1.54) is 11.1 Å². The predicted octanol–water partition coefficient (Wildman–Crippen LogP) is 3.78. The van der Waals surface area contributed by atoms with Gasteiger partial charge in [0.15, 0.2) is 11.2 Å². The number of unbranched alkanes of at least 4 members (excludes halogenated alkanes) is 1. The minimum Gasteiger partial charge on any atom is -0.352 e. The van der Waals surface area contributed by atoms with Crippen LogP contribution in [0.3, 0.4) is 0 Å². The molecule has 2 heterocycles. The Hall–Kier alpha value is -2.15. The van der Waals surface area contributed by atoms with Crippen molar-refractivity contribution in [2.45, 2.75) is 46.2 Å². The average Bonchev–Trinajstić information content (AvgIpc) is 3.05. The lowest BCUT2D eigenvalue weighted by Gasteiger charge is -2.09. The Morgan fingerprint density at radius 3 is 2.92 bits per heavy atom. The van der Waals surface area contributed by atoms with Crippen LogP contribution in [-0.4, -0.2) is 24.8 Å². The third-order valence-corrected chi connectivity index (χ3v) is 5.08. The molecule has 1 aromatic carbocycles. The van der Waals surface area contributed by atoms with E-state index in [2.05, 4.69) is 68.2 Å². The number of alkyl halides is 1. The zero-order valence-corrected chi connectivity index (χ0v) is 16.8. The summed E-state index contributed by atoms with van der Waals surface area (Å²) in [5.74, 6) is 0.451. The summed E-state index contributed by atoms with van der Waals surface area (Å²) in [5, 5.41) is 4.16. The van der Waals surface area contributed by atoms with Gasteiger partial charge < -0.3 is 9.88 Å². The Morgan fingerprint density at radius 2 is 2.15 bits per heavy atom. The number of imidazole rings is 1. The maximum Gasteiger partial charge on any atom is 0.278 e. The van der Waals surface area contributed by atoms with Crippen molar-refractivity contribution < 1.29 is 0 Å². The Kier molecular flexibility index (Phi) is 6.08. The van der Waals surface area contributed by atoms with Gasteiger partial charge in [0.1, 0.15) is 0 Å². The first kappa shape index (κ1) is 18.6. The number of nitrogens with one attached hydrogen (secondary N) is 2. The van der Waals surface area contributed by atoms with E-state index in [1.807, 2.05) is 4.57 Å². The van der Waals surface area contributed by atoms with Crippen molar-refractivity contribution in [2.75, 3.05) is 10.6 Å². The van der Waals surface area contributed by atoms with Gasteiger partial charge in [-0.2, -0.15) is 4.98 Å². The van der Waals surface area contributed by atoms with Crippen molar-refractivity contribution in [3.05, 3.63) is 51.6 Å². The molecule has 0 spiro atoms. The van der Waals surface area contributed by atoms with Crippen molar-refractivity contribution in [1.82, 2.24) is 19.5 Å². The average molecular weight is 418 g/mol. The molecular weight excluding hydrogens is 394 g/mol. The van der Waals surface area contributed by atoms with Crippen LogP contribution in [0.2, 0.25) is 0 Å². The fraction of sp³-hybridized carbons (Fsp3) is 0.421. The van der Waals surface area contributed by atoms with Gasteiger partial charge in [0.05, 0.1) is 6.33 Å². The highest BCUT2D eigenvalue weighted by Crippen LogP contribution is 2.14. The smallest absolute Gasteiger partial charge is 0.278 e. The molecule has 0 aliphatic rings. The molecule has 0 saturated carbocycles. The molecule has 2 N–H and O–H groups in total. The quantitative estimate of drug-likeness (QED) is 0.431. The molecule has 2 aromatic heterocycles. The van der Waals surface area contributed by atoms with Crippen LogP contribution in [0.5, 0.6) is 0 Å². The van der Waals surface area contributed by atoms with Crippen molar-refractivity contribution in [3.8, 4) is 0 Å². The van der Waals surface area contributed by atoms with Crippen LogP contribution in [0.15, 0.2) is 29.3 Å². The number of H-pyrrole nitrogens is 1. The first-order valence-corrected chi connectivity index (χ1v) is 10.1. The van der Waals surface area contributed by atoms with Gasteiger partial charge in [-0.15, -0.1) is 0 Å². The SMILES string of the molecule is CCc1cc(CNc2nc3ncn(CCCCBr)c3c(=O)[nH]2)ccc1C. The molecule has 26 heavy (non-hydrogen) atoms. The Labute approximate surface area is 161 Å². The first-order valence-electron chi connectivity index (χ1n) is 8.95. The van der Waals surface area contributed by atoms with E-state index in [1.54, 1.807) is 6.33 Å². The highest BCUT2D eigenvalue weighted by Gasteiger charge is 2.10. The van der Waals surface area contributed by atoms with Gasteiger partial charge in [-0.3, -0.25) is 9.78 Å². The van der Waals surface area contributed by atoms with Gasteiger partial charge in [0.2, 0.25) is 5.95 Å². The molecule has 0 aliphatic heterocycles. The van der Waals surface area contributed by atoms with Gasteiger partial charge in [-0.05, 0) is 42.9 Å². The summed E-state index contributed by atoms with van der Waals surface area (Å²) < 4.78 is 1.88. The molecule has 0 aliphatic carbocycles. The maximum absolute atomic E-state index is 12.5. The minimum atomic E-state index is -0.160. The summed E-state index contributed by atoms with van der Waals surface area (Å²) in [6.45, 7) is 5.65. The molecular formula is C19H24BrN5O. The van der Waals surface area contributed by atoms with Crippen molar-refractivity contribution in [3.63, 3.8) is 0 Å². The number of aromatic nitrogens is 4. The van der Waals surface area contributed by atoms with Crippen LogP contribution >= 0.6 is 15.9 Å². The second kappa shape index (κ2) is 8.49. The second-order valence-corrected chi connectivity index (χ2v) is 7.18. The van der Waals surface area contributed by atoms with Crippen LogP contribution in [0, 0.1) is 6.92 Å². The summed E-state index contributed by atoms with van der Waals surface area (Å²) in [5.41, 5.74) is 4.66. The van der Waals surface area contributed by atoms with Gasteiger partial charge in [-0.1, -0.05) is 41.1 Å². The van der Waals surface area contributed by atoms with Crippen LogP contribution in [0.4, 0.5) is 5.95 Å².